The van der Waals surface area contributed by atoms with E-state index in [1.54, 1.807) is 60.5 Å². The Morgan fingerprint density at radius 1 is 1.08 bits per heavy atom. The van der Waals surface area contributed by atoms with Gasteiger partial charge in [-0.1, -0.05) is 6.07 Å². The van der Waals surface area contributed by atoms with E-state index in [2.05, 4.69) is 0 Å². The fourth-order valence-electron chi connectivity index (χ4n) is 2.85. The summed E-state index contributed by atoms with van der Waals surface area (Å²) in [6.45, 7) is 1.73. The zero-order valence-electron chi connectivity index (χ0n) is 14.6. The van der Waals surface area contributed by atoms with Crippen LogP contribution in [0.15, 0.2) is 48.5 Å². The van der Waals surface area contributed by atoms with Gasteiger partial charge in [-0.3, -0.25) is 14.4 Å². The van der Waals surface area contributed by atoms with Gasteiger partial charge in [0.1, 0.15) is 11.5 Å². The molecule has 1 heterocycles. The van der Waals surface area contributed by atoms with Crippen LogP contribution in [0.4, 0.5) is 5.69 Å². The molecule has 2 aromatic rings. The smallest absolute Gasteiger partial charge is 0.316 e. The Kier molecular flexibility index (Phi) is 5.02. The summed E-state index contributed by atoms with van der Waals surface area (Å²) in [6.07, 6.45) is 0.0988. The van der Waals surface area contributed by atoms with E-state index >= 15 is 0 Å². The zero-order valence-corrected chi connectivity index (χ0v) is 14.6. The molecule has 0 aliphatic carbocycles. The van der Waals surface area contributed by atoms with Gasteiger partial charge < -0.3 is 14.4 Å². The summed E-state index contributed by atoms with van der Waals surface area (Å²) in [5.74, 6) is -0.190. The van der Waals surface area contributed by atoms with Crippen LogP contribution in [0.1, 0.15) is 23.7 Å². The predicted molar refractivity (Wildman–Crippen MR) is 95.5 cm³/mol. The van der Waals surface area contributed by atoms with E-state index in [0.717, 1.165) is 0 Å². The van der Waals surface area contributed by atoms with Gasteiger partial charge in [0.25, 0.3) is 0 Å². The van der Waals surface area contributed by atoms with E-state index in [4.69, 9.17) is 9.47 Å². The first-order valence-electron chi connectivity index (χ1n) is 8.25. The molecule has 1 saturated heterocycles. The molecule has 0 bridgehead atoms. The van der Waals surface area contributed by atoms with E-state index in [1.165, 1.54) is 6.92 Å². The minimum absolute atomic E-state index is 0.0572. The van der Waals surface area contributed by atoms with E-state index in [0.29, 0.717) is 22.7 Å². The molecular weight excluding hydrogens is 334 g/mol. The number of hydrogen-bond acceptors (Lipinski definition) is 5. The van der Waals surface area contributed by atoms with Crippen molar-refractivity contribution in [3.8, 4) is 11.5 Å². The highest BCUT2D eigenvalue weighted by Crippen LogP contribution is 2.28. The van der Waals surface area contributed by atoms with Crippen molar-refractivity contribution in [2.24, 2.45) is 5.92 Å². The molecule has 0 aromatic heterocycles. The van der Waals surface area contributed by atoms with Crippen LogP contribution < -0.4 is 14.4 Å². The van der Waals surface area contributed by atoms with E-state index in [1.807, 2.05) is 0 Å². The third-order valence-corrected chi connectivity index (χ3v) is 4.30. The van der Waals surface area contributed by atoms with Gasteiger partial charge in [0.15, 0.2) is 5.78 Å². The van der Waals surface area contributed by atoms with Crippen molar-refractivity contribution in [3.05, 3.63) is 54.1 Å². The van der Waals surface area contributed by atoms with Crippen molar-refractivity contribution in [2.75, 3.05) is 18.6 Å². The number of anilines is 1. The average Bonchev–Trinajstić information content (AvgIpc) is 3.04. The Hall–Kier alpha value is -3.15. The van der Waals surface area contributed by atoms with E-state index < -0.39 is 11.9 Å². The van der Waals surface area contributed by atoms with Crippen molar-refractivity contribution < 1.29 is 23.9 Å². The first kappa shape index (κ1) is 17.7. The van der Waals surface area contributed by atoms with Gasteiger partial charge in [0.2, 0.25) is 5.91 Å². The normalized spacial score (nSPS) is 16.5. The van der Waals surface area contributed by atoms with Crippen LogP contribution in [0.25, 0.3) is 0 Å². The quantitative estimate of drug-likeness (QED) is 0.469. The van der Waals surface area contributed by atoms with Crippen LogP contribution in [0.3, 0.4) is 0 Å². The first-order chi connectivity index (χ1) is 12.5. The molecule has 6 nitrogen and oxygen atoms in total. The van der Waals surface area contributed by atoms with Crippen molar-refractivity contribution in [1.29, 1.82) is 0 Å². The fraction of sp³-hybridized carbons (Fsp3) is 0.250. The second-order valence-corrected chi connectivity index (χ2v) is 6.11. The highest BCUT2D eigenvalue weighted by Gasteiger charge is 2.36. The summed E-state index contributed by atoms with van der Waals surface area (Å²) >= 11 is 0. The third-order valence-electron chi connectivity index (χ3n) is 4.30. The molecule has 1 aliphatic rings. The molecule has 1 atom stereocenters. The summed E-state index contributed by atoms with van der Waals surface area (Å²) < 4.78 is 10.5. The molecule has 1 amide bonds. The van der Waals surface area contributed by atoms with Gasteiger partial charge in [-0.25, -0.2) is 0 Å². The summed E-state index contributed by atoms with van der Waals surface area (Å²) in [4.78, 5) is 37.5. The van der Waals surface area contributed by atoms with Crippen LogP contribution in [-0.4, -0.2) is 31.3 Å². The molecule has 1 aliphatic heterocycles. The summed E-state index contributed by atoms with van der Waals surface area (Å²) in [6, 6.07) is 13.5. The van der Waals surface area contributed by atoms with Crippen molar-refractivity contribution in [2.45, 2.75) is 13.3 Å². The van der Waals surface area contributed by atoms with Crippen LogP contribution >= 0.6 is 0 Å². The monoisotopic (exact) mass is 353 g/mol. The number of carbonyl (C=O) groups is 3. The van der Waals surface area contributed by atoms with Gasteiger partial charge in [0, 0.05) is 30.3 Å². The Labute approximate surface area is 151 Å². The van der Waals surface area contributed by atoms with Gasteiger partial charge in [-0.15, -0.1) is 0 Å². The SMILES string of the molecule is COc1cccc(N2C[C@H](C(=O)Oc3ccc(C(C)=O)cc3)CC2=O)c1. The van der Waals surface area contributed by atoms with Gasteiger partial charge >= 0.3 is 5.97 Å². The fourth-order valence-corrected chi connectivity index (χ4v) is 2.85. The molecule has 0 spiro atoms. The molecule has 134 valence electrons. The van der Waals surface area contributed by atoms with E-state index in [-0.39, 0.29) is 24.7 Å². The molecule has 0 N–H and O–H groups in total. The highest BCUT2D eigenvalue weighted by molar-refractivity contribution is 6.00. The maximum atomic E-state index is 12.4. The first-order valence-corrected chi connectivity index (χ1v) is 8.25. The lowest BCUT2D eigenvalue weighted by Crippen LogP contribution is -2.27. The Morgan fingerprint density at radius 2 is 1.81 bits per heavy atom. The molecule has 0 saturated carbocycles. The van der Waals surface area contributed by atoms with Crippen molar-refractivity contribution >= 4 is 23.3 Å². The van der Waals surface area contributed by atoms with Crippen LogP contribution in [0.2, 0.25) is 0 Å². The highest BCUT2D eigenvalue weighted by atomic mass is 16.5. The Morgan fingerprint density at radius 3 is 2.46 bits per heavy atom. The molecule has 2 aromatic carbocycles. The zero-order chi connectivity index (χ0) is 18.7. The number of ether oxygens (including phenoxy) is 2. The number of carbonyl (C=O) groups excluding carboxylic acids is 3. The number of methoxy groups -OCH3 is 1. The molecule has 0 radical (unpaired) electrons. The van der Waals surface area contributed by atoms with Crippen LogP contribution in [-0.2, 0) is 9.59 Å². The molecular formula is C20H19NO5. The lowest BCUT2D eigenvalue weighted by Gasteiger charge is -2.17. The number of esters is 1. The molecule has 6 heteroatoms. The third kappa shape index (κ3) is 3.74. The number of benzene rings is 2. The number of rotatable bonds is 5. The molecule has 26 heavy (non-hydrogen) atoms. The van der Waals surface area contributed by atoms with Gasteiger partial charge in [0.05, 0.1) is 13.0 Å². The molecule has 3 rings (SSSR count). The lowest BCUT2D eigenvalue weighted by atomic mass is 10.1. The van der Waals surface area contributed by atoms with Gasteiger partial charge in [-0.2, -0.15) is 0 Å². The number of hydrogen-bond donors (Lipinski definition) is 0. The van der Waals surface area contributed by atoms with Crippen LogP contribution in [0.5, 0.6) is 11.5 Å². The second kappa shape index (κ2) is 7.39. The predicted octanol–water partition coefficient (Wildman–Crippen LogP) is 2.86. The number of amides is 1. The average molecular weight is 353 g/mol. The van der Waals surface area contributed by atoms with E-state index in [9.17, 15) is 14.4 Å². The van der Waals surface area contributed by atoms with Crippen molar-refractivity contribution in [3.63, 3.8) is 0 Å². The number of Topliss-reactive ketones (excluding diaryl/α,β-unsaturated/α-hetero) is 1. The Balaban J connectivity index is 1.67. The standard InChI is InChI=1S/C20H19NO5/c1-13(22)14-6-8-17(9-7-14)26-20(24)15-10-19(23)21(12-15)16-4-3-5-18(11-16)25-2/h3-9,11,15H,10,12H2,1-2H3/t15-/m1/s1. The minimum Gasteiger partial charge on any atom is -0.497 e. The van der Waals surface area contributed by atoms with Crippen LogP contribution in [0, 0.1) is 5.92 Å². The summed E-state index contributed by atoms with van der Waals surface area (Å²) in [5.41, 5.74) is 1.24. The topological polar surface area (TPSA) is 72.9 Å². The maximum absolute atomic E-state index is 12.4. The number of nitrogens with zero attached hydrogens (tertiary/aromatic N) is 1. The largest absolute Gasteiger partial charge is 0.497 e. The van der Waals surface area contributed by atoms with Crippen molar-refractivity contribution in [1.82, 2.24) is 0 Å². The summed E-state index contributed by atoms with van der Waals surface area (Å²) in [7, 11) is 1.56. The summed E-state index contributed by atoms with van der Waals surface area (Å²) in [5, 5.41) is 0. The molecule has 0 unspecified atom stereocenters. The second-order valence-electron chi connectivity index (χ2n) is 6.11. The number of ketones is 1. The lowest BCUT2D eigenvalue weighted by molar-refractivity contribution is -0.139. The van der Waals surface area contributed by atoms with Gasteiger partial charge in [-0.05, 0) is 43.3 Å². The minimum atomic E-state index is -0.541. The maximum Gasteiger partial charge on any atom is 0.316 e. The molecule has 1 fully saturated rings. The Bertz CT molecular complexity index is 844.